The maximum atomic E-state index is 13.2. The van der Waals surface area contributed by atoms with E-state index in [2.05, 4.69) is 0 Å². The molecular formula is C17H28N2O6Si. The number of hydrogen-bond donors (Lipinski definition) is 2. The molecule has 0 amide bonds. The Balaban J connectivity index is 2.67. The summed E-state index contributed by atoms with van der Waals surface area (Å²) in [6.45, 7) is 10.8. The molecule has 26 heavy (non-hydrogen) atoms. The Hall–Kier alpha value is -1.55. The maximum absolute atomic E-state index is 13.2. The SMILES string of the molecule is Cc1cn([C@H]2CC(O)[C@@](C=O)(CO)O2)c(=O)n([Si](C)(C)C(C)(C)C)c1=O. The minimum Gasteiger partial charge on any atom is -0.393 e. The summed E-state index contributed by atoms with van der Waals surface area (Å²) in [4.78, 5) is 37.2. The summed E-state index contributed by atoms with van der Waals surface area (Å²) < 4.78 is 8.15. The van der Waals surface area contributed by atoms with Gasteiger partial charge in [-0.1, -0.05) is 33.9 Å². The van der Waals surface area contributed by atoms with Crippen molar-refractivity contribution in [1.82, 2.24) is 8.80 Å². The number of carbonyl (C=O) groups excluding carboxylic acids is 1. The van der Waals surface area contributed by atoms with Crippen LogP contribution in [0.25, 0.3) is 0 Å². The lowest BCUT2D eigenvalue weighted by Crippen LogP contribution is -2.59. The number of rotatable bonds is 4. The molecule has 1 aromatic rings. The van der Waals surface area contributed by atoms with Crippen molar-refractivity contribution >= 4 is 14.5 Å². The van der Waals surface area contributed by atoms with Crippen LogP contribution in [0.3, 0.4) is 0 Å². The second-order valence-corrected chi connectivity index (χ2v) is 13.6. The van der Waals surface area contributed by atoms with Crippen LogP contribution in [0.1, 0.15) is 39.0 Å². The first kappa shape index (κ1) is 20.8. The van der Waals surface area contributed by atoms with Crippen LogP contribution in [0, 0.1) is 6.92 Å². The standard InChI is InChI=1S/C17H28N2O6Si/c1-11-8-18(13-7-12(22)17(9-20,10-21)25-13)15(24)19(14(11)23)26(5,6)16(2,3)4/h8-9,12-13,21-22H,7,10H2,1-6H3/t12?,13-,17-/m1/s1. The Morgan fingerprint density at radius 2 is 1.96 bits per heavy atom. The predicted octanol–water partition coefficient (Wildman–Crippen LogP) is 0.382. The molecule has 1 aliphatic heterocycles. The van der Waals surface area contributed by atoms with Crippen LogP contribution in [0.4, 0.5) is 0 Å². The molecule has 2 N–H and O–H groups in total. The lowest BCUT2D eigenvalue weighted by Gasteiger charge is -2.38. The Labute approximate surface area is 153 Å². The number of hydrogen-bond acceptors (Lipinski definition) is 6. The summed E-state index contributed by atoms with van der Waals surface area (Å²) >= 11 is 0. The van der Waals surface area contributed by atoms with Gasteiger partial charge in [-0.15, -0.1) is 0 Å². The van der Waals surface area contributed by atoms with Crippen LogP contribution >= 0.6 is 0 Å². The number of aryl methyl sites for hydroxylation is 1. The zero-order valence-corrected chi connectivity index (χ0v) is 17.1. The van der Waals surface area contributed by atoms with Gasteiger partial charge in [0.1, 0.15) is 6.23 Å². The van der Waals surface area contributed by atoms with E-state index in [0.717, 1.165) is 0 Å². The highest BCUT2D eigenvalue weighted by atomic mass is 28.3. The van der Waals surface area contributed by atoms with Crippen molar-refractivity contribution < 1.29 is 19.7 Å². The average molecular weight is 385 g/mol. The molecule has 0 aliphatic carbocycles. The fraction of sp³-hybridized carbons (Fsp3) is 0.706. The second kappa shape index (κ2) is 6.56. The normalized spacial score (nSPS) is 26.9. The third-order valence-electron chi connectivity index (χ3n) is 5.78. The highest BCUT2D eigenvalue weighted by Crippen LogP contribution is 2.37. The summed E-state index contributed by atoms with van der Waals surface area (Å²) in [5.74, 6) is 0. The van der Waals surface area contributed by atoms with Gasteiger partial charge in [-0.25, -0.2) is 4.79 Å². The summed E-state index contributed by atoms with van der Waals surface area (Å²) in [6, 6.07) is 0. The van der Waals surface area contributed by atoms with Gasteiger partial charge in [-0.05, 0) is 12.0 Å². The van der Waals surface area contributed by atoms with E-state index in [1.807, 2.05) is 33.9 Å². The van der Waals surface area contributed by atoms with Crippen molar-refractivity contribution in [3.8, 4) is 0 Å². The molecule has 2 heterocycles. The highest BCUT2D eigenvalue weighted by Gasteiger charge is 2.49. The number of aldehydes is 1. The molecule has 8 nitrogen and oxygen atoms in total. The predicted molar refractivity (Wildman–Crippen MR) is 98.9 cm³/mol. The van der Waals surface area contributed by atoms with Crippen LogP contribution in [0.2, 0.25) is 18.1 Å². The van der Waals surface area contributed by atoms with Gasteiger partial charge in [0, 0.05) is 18.2 Å². The van der Waals surface area contributed by atoms with Gasteiger partial charge >= 0.3 is 5.69 Å². The minimum absolute atomic E-state index is 0.0334. The zero-order valence-electron chi connectivity index (χ0n) is 16.1. The van der Waals surface area contributed by atoms with Gasteiger partial charge in [0.05, 0.1) is 12.7 Å². The summed E-state index contributed by atoms with van der Waals surface area (Å²) in [5.41, 5.74) is -2.24. The van der Waals surface area contributed by atoms with Crippen LogP contribution in [-0.4, -0.2) is 51.8 Å². The smallest absolute Gasteiger partial charge is 0.324 e. The molecule has 0 saturated carbocycles. The Morgan fingerprint density at radius 1 is 1.38 bits per heavy atom. The summed E-state index contributed by atoms with van der Waals surface area (Å²) in [5, 5.41) is 19.4. The van der Waals surface area contributed by atoms with E-state index >= 15 is 0 Å². The first-order valence-corrected chi connectivity index (χ1v) is 11.6. The zero-order chi connectivity index (χ0) is 20.1. The van der Waals surface area contributed by atoms with Crippen molar-refractivity contribution in [2.45, 2.75) is 70.2 Å². The van der Waals surface area contributed by atoms with Crippen molar-refractivity contribution in [2.24, 2.45) is 0 Å². The molecular weight excluding hydrogens is 356 g/mol. The maximum Gasteiger partial charge on any atom is 0.324 e. The molecule has 3 atom stereocenters. The molecule has 2 rings (SSSR count). The Morgan fingerprint density at radius 3 is 2.38 bits per heavy atom. The van der Waals surface area contributed by atoms with Crippen molar-refractivity contribution in [3.05, 3.63) is 32.6 Å². The topological polar surface area (TPSA) is 111 Å². The molecule has 1 aliphatic rings. The first-order chi connectivity index (χ1) is 11.8. The molecule has 0 radical (unpaired) electrons. The molecule has 0 aromatic carbocycles. The monoisotopic (exact) mass is 384 g/mol. The third-order valence-corrected chi connectivity index (χ3v) is 11.0. The van der Waals surface area contributed by atoms with Crippen molar-refractivity contribution in [3.63, 3.8) is 0 Å². The number of aliphatic hydroxyl groups is 2. The Bertz CT molecular complexity index is 822. The fourth-order valence-electron chi connectivity index (χ4n) is 2.96. The molecule has 1 fully saturated rings. The molecule has 146 valence electrons. The van der Waals surface area contributed by atoms with E-state index in [-0.39, 0.29) is 17.0 Å². The van der Waals surface area contributed by atoms with Gasteiger partial charge < -0.3 is 14.9 Å². The number of aliphatic hydroxyl groups excluding tert-OH is 2. The van der Waals surface area contributed by atoms with Crippen LogP contribution in [-0.2, 0) is 9.53 Å². The van der Waals surface area contributed by atoms with Crippen LogP contribution in [0.15, 0.2) is 15.8 Å². The van der Waals surface area contributed by atoms with E-state index in [1.54, 1.807) is 6.92 Å². The number of carbonyl (C=O) groups is 1. The molecule has 1 aromatic heterocycles. The fourth-order valence-corrected chi connectivity index (χ4v) is 4.91. The second-order valence-electron chi connectivity index (χ2n) is 8.51. The largest absolute Gasteiger partial charge is 0.393 e. The van der Waals surface area contributed by atoms with E-state index in [1.165, 1.54) is 15.0 Å². The summed E-state index contributed by atoms with van der Waals surface area (Å²) in [7, 11) is -2.52. The van der Waals surface area contributed by atoms with Crippen LogP contribution < -0.4 is 11.2 Å². The van der Waals surface area contributed by atoms with Crippen molar-refractivity contribution in [1.29, 1.82) is 0 Å². The highest BCUT2D eigenvalue weighted by molar-refractivity contribution is 6.78. The van der Waals surface area contributed by atoms with Gasteiger partial charge in [-0.2, -0.15) is 0 Å². The van der Waals surface area contributed by atoms with Gasteiger partial charge in [0.25, 0.3) is 5.56 Å². The van der Waals surface area contributed by atoms with E-state index in [9.17, 15) is 24.6 Å². The first-order valence-electron chi connectivity index (χ1n) is 8.61. The van der Waals surface area contributed by atoms with Crippen molar-refractivity contribution in [2.75, 3.05) is 6.61 Å². The lowest BCUT2D eigenvalue weighted by molar-refractivity contribution is -0.151. The number of aromatic nitrogens is 2. The average Bonchev–Trinajstić information content (AvgIpc) is 2.86. The van der Waals surface area contributed by atoms with Gasteiger partial charge in [0.2, 0.25) is 0 Å². The number of nitrogens with zero attached hydrogens (tertiary/aromatic N) is 2. The number of ether oxygens (including phenoxy) is 1. The van der Waals surface area contributed by atoms with Crippen LogP contribution in [0.5, 0.6) is 0 Å². The molecule has 9 heteroatoms. The molecule has 1 unspecified atom stereocenters. The van der Waals surface area contributed by atoms with E-state index in [0.29, 0.717) is 11.8 Å². The minimum atomic E-state index is -2.52. The van der Waals surface area contributed by atoms with E-state index in [4.69, 9.17) is 4.74 Å². The molecule has 1 saturated heterocycles. The quantitative estimate of drug-likeness (QED) is 0.574. The molecule has 0 bridgehead atoms. The Kier molecular flexibility index (Phi) is 5.23. The summed E-state index contributed by atoms with van der Waals surface area (Å²) in [6.07, 6.45) is -0.460. The molecule has 0 spiro atoms. The van der Waals surface area contributed by atoms with E-state index < -0.39 is 38.5 Å². The van der Waals surface area contributed by atoms with Gasteiger partial charge in [0.15, 0.2) is 20.1 Å². The van der Waals surface area contributed by atoms with Gasteiger partial charge in [-0.3, -0.25) is 18.4 Å². The lowest BCUT2D eigenvalue weighted by atomic mass is 10.00. The third kappa shape index (κ3) is 3.02.